The van der Waals surface area contributed by atoms with E-state index in [0.29, 0.717) is 6.54 Å². The molecule has 1 aliphatic rings. The zero-order chi connectivity index (χ0) is 14.5. The fourth-order valence-corrected chi connectivity index (χ4v) is 2.83. The van der Waals surface area contributed by atoms with Crippen molar-refractivity contribution in [1.82, 2.24) is 9.80 Å². The predicted molar refractivity (Wildman–Crippen MR) is 80.8 cm³/mol. The largest absolute Gasteiger partial charge is 0.326 e. The second kappa shape index (κ2) is 7.16. The lowest BCUT2D eigenvalue weighted by atomic mass is 10.1. The molecule has 2 rings (SSSR count). The maximum Gasteiger partial charge on any atom is 0.123 e. The number of nitrogens with two attached hydrogens (primary N) is 1. The molecule has 0 saturated carbocycles. The molecule has 3 nitrogen and oxygen atoms in total. The van der Waals surface area contributed by atoms with Crippen molar-refractivity contribution < 1.29 is 4.39 Å². The summed E-state index contributed by atoms with van der Waals surface area (Å²) in [6.07, 6.45) is 0. The minimum Gasteiger partial charge on any atom is -0.326 e. The van der Waals surface area contributed by atoms with Gasteiger partial charge in [-0.2, -0.15) is 0 Å². The highest BCUT2D eigenvalue weighted by Crippen LogP contribution is 2.15. The Bertz CT molecular complexity index is 426. The van der Waals surface area contributed by atoms with Crippen molar-refractivity contribution in [3.63, 3.8) is 0 Å². The molecule has 1 heterocycles. The van der Waals surface area contributed by atoms with Crippen LogP contribution < -0.4 is 5.73 Å². The third kappa shape index (κ3) is 4.27. The predicted octanol–water partition coefficient (Wildman–Crippen LogP) is 2.06. The molecule has 112 valence electrons. The van der Waals surface area contributed by atoms with Gasteiger partial charge in [0.05, 0.1) is 0 Å². The average molecular weight is 279 g/mol. The van der Waals surface area contributed by atoms with Gasteiger partial charge in [0.15, 0.2) is 0 Å². The van der Waals surface area contributed by atoms with Crippen LogP contribution in [0.4, 0.5) is 4.39 Å². The monoisotopic (exact) mass is 279 g/mol. The molecule has 1 fully saturated rings. The van der Waals surface area contributed by atoms with E-state index < -0.39 is 0 Å². The number of benzene rings is 1. The molecule has 2 N–H and O–H groups in total. The number of halogens is 1. The average Bonchev–Trinajstić information content (AvgIpc) is 2.42. The van der Waals surface area contributed by atoms with E-state index in [1.807, 2.05) is 6.07 Å². The Morgan fingerprint density at radius 2 is 1.75 bits per heavy atom. The highest BCUT2D eigenvalue weighted by Gasteiger charge is 2.18. The van der Waals surface area contributed by atoms with E-state index >= 15 is 0 Å². The molecule has 0 atom stereocenters. The standard InChI is InChI=1S/C16H26FN3/c1-13(2)11-19-5-7-20(8-6-19)12-14-3-4-16(17)9-15(14)10-18/h3-4,9,13H,5-8,10-12,18H2,1-2H3. The SMILES string of the molecule is CC(C)CN1CCN(Cc2ccc(F)cc2CN)CC1. The smallest absolute Gasteiger partial charge is 0.123 e. The van der Waals surface area contributed by atoms with Crippen molar-refractivity contribution in [3.05, 3.63) is 35.1 Å². The summed E-state index contributed by atoms with van der Waals surface area (Å²) >= 11 is 0. The number of nitrogens with zero attached hydrogens (tertiary/aromatic N) is 2. The molecule has 0 aromatic heterocycles. The van der Waals surface area contributed by atoms with Crippen LogP contribution >= 0.6 is 0 Å². The third-order valence-corrected chi connectivity index (χ3v) is 3.87. The molecule has 0 bridgehead atoms. The molecule has 4 heteroatoms. The normalized spacial score (nSPS) is 17.9. The van der Waals surface area contributed by atoms with Crippen molar-refractivity contribution in [2.45, 2.75) is 26.9 Å². The first-order chi connectivity index (χ1) is 9.58. The van der Waals surface area contributed by atoms with E-state index in [2.05, 4.69) is 23.6 Å². The second-order valence-corrected chi connectivity index (χ2v) is 6.09. The van der Waals surface area contributed by atoms with Gasteiger partial charge in [0.2, 0.25) is 0 Å². The minimum absolute atomic E-state index is 0.198. The summed E-state index contributed by atoms with van der Waals surface area (Å²) in [7, 11) is 0. The summed E-state index contributed by atoms with van der Waals surface area (Å²) in [6, 6.07) is 4.96. The van der Waals surface area contributed by atoms with Crippen LogP contribution in [-0.2, 0) is 13.1 Å². The van der Waals surface area contributed by atoms with Crippen LogP contribution in [0, 0.1) is 11.7 Å². The van der Waals surface area contributed by atoms with E-state index in [-0.39, 0.29) is 5.82 Å². The van der Waals surface area contributed by atoms with Gasteiger partial charge in [0.1, 0.15) is 5.82 Å². The van der Waals surface area contributed by atoms with Gasteiger partial charge in [-0.1, -0.05) is 19.9 Å². The first kappa shape index (κ1) is 15.4. The van der Waals surface area contributed by atoms with Crippen molar-refractivity contribution in [3.8, 4) is 0 Å². The molecule has 0 amide bonds. The highest BCUT2D eigenvalue weighted by molar-refractivity contribution is 5.27. The molecular weight excluding hydrogens is 253 g/mol. The lowest BCUT2D eigenvalue weighted by Crippen LogP contribution is -2.47. The summed E-state index contributed by atoms with van der Waals surface area (Å²) in [4.78, 5) is 4.96. The summed E-state index contributed by atoms with van der Waals surface area (Å²) in [5.41, 5.74) is 7.79. The van der Waals surface area contributed by atoms with Crippen molar-refractivity contribution in [2.24, 2.45) is 11.7 Å². The van der Waals surface area contributed by atoms with Crippen molar-refractivity contribution in [2.75, 3.05) is 32.7 Å². The fourth-order valence-electron chi connectivity index (χ4n) is 2.83. The van der Waals surface area contributed by atoms with Crippen LogP contribution in [0.5, 0.6) is 0 Å². The maximum absolute atomic E-state index is 13.2. The van der Waals surface area contributed by atoms with Gasteiger partial charge in [-0.25, -0.2) is 4.39 Å². The second-order valence-electron chi connectivity index (χ2n) is 6.09. The van der Waals surface area contributed by atoms with Crippen molar-refractivity contribution in [1.29, 1.82) is 0 Å². The summed E-state index contributed by atoms with van der Waals surface area (Å²) in [5, 5.41) is 0. The molecule has 20 heavy (non-hydrogen) atoms. The number of rotatable bonds is 5. The Labute approximate surface area is 121 Å². The van der Waals surface area contributed by atoms with E-state index in [0.717, 1.165) is 49.8 Å². The lowest BCUT2D eigenvalue weighted by molar-refractivity contribution is 0.117. The van der Waals surface area contributed by atoms with E-state index in [1.54, 1.807) is 6.07 Å². The zero-order valence-corrected chi connectivity index (χ0v) is 12.6. The first-order valence-electron chi connectivity index (χ1n) is 7.50. The summed E-state index contributed by atoms with van der Waals surface area (Å²) in [5.74, 6) is 0.526. The summed E-state index contributed by atoms with van der Waals surface area (Å²) in [6.45, 7) is 11.4. The topological polar surface area (TPSA) is 32.5 Å². The molecular formula is C16H26FN3. The molecule has 1 aromatic rings. The Morgan fingerprint density at radius 3 is 2.35 bits per heavy atom. The van der Waals surface area contributed by atoms with E-state index in [1.165, 1.54) is 12.6 Å². The molecule has 0 aliphatic carbocycles. The van der Waals surface area contributed by atoms with Gasteiger partial charge in [-0.3, -0.25) is 4.90 Å². The third-order valence-electron chi connectivity index (χ3n) is 3.87. The molecule has 0 radical (unpaired) electrons. The van der Waals surface area contributed by atoms with Crippen LogP contribution in [0.3, 0.4) is 0 Å². The zero-order valence-electron chi connectivity index (χ0n) is 12.6. The van der Waals surface area contributed by atoms with E-state index in [9.17, 15) is 4.39 Å². The molecule has 0 spiro atoms. The van der Waals surface area contributed by atoms with Gasteiger partial charge < -0.3 is 10.6 Å². The lowest BCUT2D eigenvalue weighted by Gasteiger charge is -2.35. The van der Waals surface area contributed by atoms with Crippen LogP contribution in [0.2, 0.25) is 0 Å². The summed E-state index contributed by atoms with van der Waals surface area (Å²) < 4.78 is 13.2. The Balaban J connectivity index is 1.89. The highest BCUT2D eigenvalue weighted by atomic mass is 19.1. The van der Waals surface area contributed by atoms with Gasteiger partial charge in [-0.15, -0.1) is 0 Å². The Hall–Kier alpha value is -0.970. The molecule has 1 aromatic carbocycles. The minimum atomic E-state index is -0.198. The van der Waals surface area contributed by atoms with Crippen molar-refractivity contribution >= 4 is 0 Å². The maximum atomic E-state index is 13.2. The number of hydrogen-bond acceptors (Lipinski definition) is 3. The van der Waals surface area contributed by atoms with Gasteiger partial charge in [0.25, 0.3) is 0 Å². The fraction of sp³-hybridized carbons (Fsp3) is 0.625. The number of piperazine rings is 1. The van der Waals surface area contributed by atoms with E-state index in [4.69, 9.17) is 5.73 Å². The Kier molecular flexibility index (Phi) is 5.52. The van der Waals surface area contributed by atoms with Crippen LogP contribution in [0.15, 0.2) is 18.2 Å². The first-order valence-corrected chi connectivity index (χ1v) is 7.50. The van der Waals surface area contributed by atoms with Gasteiger partial charge in [0, 0.05) is 45.8 Å². The van der Waals surface area contributed by atoms with Crippen LogP contribution in [0.1, 0.15) is 25.0 Å². The Morgan fingerprint density at radius 1 is 1.10 bits per heavy atom. The van der Waals surface area contributed by atoms with Gasteiger partial charge >= 0.3 is 0 Å². The molecule has 1 saturated heterocycles. The molecule has 1 aliphatic heterocycles. The molecule has 0 unspecified atom stereocenters. The quantitative estimate of drug-likeness (QED) is 0.895. The van der Waals surface area contributed by atoms with Crippen LogP contribution in [-0.4, -0.2) is 42.5 Å². The van der Waals surface area contributed by atoms with Gasteiger partial charge in [-0.05, 0) is 29.2 Å². The number of hydrogen-bond donors (Lipinski definition) is 1. The van der Waals surface area contributed by atoms with Crippen LogP contribution in [0.25, 0.3) is 0 Å².